The fraction of sp³-hybridized carbons (Fsp3) is 0.771. The van der Waals surface area contributed by atoms with Gasteiger partial charge in [-0.1, -0.05) is 57.8 Å². The first-order chi connectivity index (χ1) is 23.3. The Morgan fingerprint density at radius 3 is 2.02 bits per heavy atom. The zero-order valence-corrected chi connectivity index (χ0v) is 29.2. The van der Waals surface area contributed by atoms with E-state index < -0.39 is 0 Å². The SMILES string of the molecule is Cn1cnc2c1c(=O)n(CCCCCCCCCCCNC(=O)CCCCCNC(=O)CCCCC1CCC3NC(=O)NC13)c(=O)n2C. The van der Waals surface area contributed by atoms with E-state index in [1.165, 1.54) is 22.0 Å². The molecule has 2 aromatic heterocycles. The van der Waals surface area contributed by atoms with Crippen molar-refractivity contribution < 1.29 is 14.4 Å². The van der Waals surface area contributed by atoms with E-state index in [-0.39, 0.29) is 41.2 Å². The highest BCUT2D eigenvalue weighted by atomic mass is 16.2. The summed E-state index contributed by atoms with van der Waals surface area (Å²) < 4.78 is 4.45. The molecule has 1 aliphatic carbocycles. The van der Waals surface area contributed by atoms with Crippen molar-refractivity contribution >= 4 is 29.0 Å². The Labute approximate surface area is 284 Å². The molecule has 3 heterocycles. The number of carbonyl (C=O) groups is 3. The summed E-state index contributed by atoms with van der Waals surface area (Å²) >= 11 is 0. The van der Waals surface area contributed by atoms with Gasteiger partial charge in [-0.25, -0.2) is 14.6 Å². The first kappa shape index (κ1) is 37.2. The van der Waals surface area contributed by atoms with Crippen molar-refractivity contribution in [3.05, 3.63) is 27.2 Å². The molecule has 13 nitrogen and oxygen atoms in total. The fourth-order valence-corrected chi connectivity index (χ4v) is 7.28. The predicted molar refractivity (Wildman–Crippen MR) is 187 cm³/mol. The minimum atomic E-state index is -0.309. The molecular formula is C35H58N8O5. The molecule has 0 bridgehead atoms. The van der Waals surface area contributed by atoms with Crippen LogP contribution in [0.3, 0.4) is 0 Å². The molecular weight excluding hydrogens is 612 g/mol. The van der Waals surface area contributed by atoms with E-state index >= 15 is 0 Å². The zero-order valence-electron chi connectivity index (χ0n) is 29.2. The van der Waals surface area contributed by atoms with Crippen LogP contribution in [0, 0.1) is 5.92 Å². The quantitative estimate of drug-likeness (QED) is 0.132. The summed E-state index contributed by atoms with van der Waals surface area (Å²) in [7, 11) is 3.42. The Kier molecular flexibility index (Phi) is 15.0. The topological polar surface area (TPSA) is 161 Å². The van der Waals surface area contributed by atoms with Crippen LogP contribution in [-0.2, 0) is 30.2 Å². The van der Waals surface area contributed by atoms with Gasteiger partial charge in [0.25, 0.3) is 5.56 Å². The van der Waals surface area contributed by atoms with Gasteiger partial charge >= 0.3 is 11.7 Å². The van der Waals surface area contributed by atoms with E-state index in [0.29, 0.717) is 43.0 Å². The molecule has 268 valence electrons. The standard InChI is InChI=1S/C35H58N8O5/c1-41-25-38-32-31(41)33(46)43(35(48)42(32)2)24-16-9-7-5-3-4-6-8-14-22-36-28(44)18-11-10-15-23-37-29(45)19-13-12-17-26-20-21-27-30(26)40-34(47)39-27/h25-27,30H,3-24H2,1-2H3,(H,36,44)(H,37,45)(H2,39,40,47). The van der Waals surface area contributed by atoms with Crippen LogP contribution in [0.15, 0.2) is 15.9 Å². The molecule has 0 radical (unpaired) electrons. The number of unbranched alkanes of at least 4 members (excludes halogenated alkanes) is 11. The zero-order chi connectivity index (χ0) is 34.3. The number of urea groups is 1. The van der Waals surface area contributed by atoms with Gasteiger partial charge in [-0.2, -0.15) is 0 Å². The molecule has 1 saturated carbocycles. The minimum absolute atomic E-state index is 0.0426. The van der Waals surface area contributed by atoms with Crippen LogP contribution in [0.2, 0.25) is 0 Å². The van der Waals surface area contributed by atoms with E-state index in [0.717, 1.165) is 103 Å². The number of aromatic nitrogens is 4. The van der Waals surface area contributed by atoms with Crippen molar-refractivity contribution in [3.8, 4) is 0 Å². The molecule has 1 saturated heterocycles. The number of imidazole rings is 1. The van der Waals surface area contributed by atoms with Crippen LogP contribution >= 0.6 is 0 Å². The molecule has 0 aromatic carbocycles. The van der Waals surface area contributed by atoms with E-state index in [2.05, 4.69) is 26.3 Å². The van der Waals surface area contributed by atoms with Gasteiger partial charge in [0.15, 0.2) is 11.2 Å². The molecule has 0 spiro atoms. The molecule has 3 atom stereocenters. The monoisotopic (exact) mass is 670 g/mol. The number of nitrogens with zero attached hydrogens (tertiary/aromatic N) is 4. The highest BCUT2D eigenvalue weighted by molar-refractivity contribution is 5.77. The lowest BCUT2D eigenvalue weighted by atomic mass is 9.96. The van der Waals surface area contributed by atoms with E-state index in [4.69, 9.17) is 0 Å². The maximum Gasteiger partial charge on any atom is 0.332 e. The number of hydrogen-bond acceptors (Lipinski definition) is 6. The molecule has 48 heavy (non-hydrogen) atoms. The maximum absolute atomic E-state index is 12.8. The Morgan fingerprint density at radius 1 is 0.771 bits per heavy atom. The van der Waals surface area contributed by atoms with Crippen LogP contribution in [0.1, 0.15) is 122 Å². The molecule has 4 N–H and O–H groups in total. The van der Waals surface area contributed by atoms with Gasteiger partial charge in [-0.3, -0.25) is 23.5 Å². The summed E-state index contributed by atoms with van der Waals surface area (Å²) in [4.78, 5) is 65.3. The largest absolute Gasteiger partial charge is 0.356 e. The second-order valence-corrected chi connectivity index (χ2v) is 13.9. The second-order valence-electron chi connectivity index (χ2n) is 13.9. The van der Waals surface area contributed by atoms with Crippen molar-refractivity contribution in [2.45, 2.75) is 141 Å². The number of aryl methyl sites for hydroxylation is 2. The Morgan fingerprint density at radius 2 is 1.35 bits per heavy atom. The molecule has 13 heteroatoms. The Hall–Kier alpha value is -3.64. The Bertz CT molecular complexity index is 1460. The number of nitrogens with one attached hydrogen (secondary N) is 4. The molecule has 3 unspecified atom stereocenters. The minimum Gasteiger partial charge on any atom is -0.356 e. The number of fused-ring (bicyclic) bond motifs is 2. The van der Waals surface area contributed by atoms with Crippen LogP contribution < -0.4 is 32.5 Å². The normalized spacial score (nSPS) is 18.5. The lowest BCUT2D eigenvalue weighted by Gasteiger charge is -2.17. The third-order valence-electron chi connectivity index (χ3n) is 10.1. The van der Waals surface area contributed by atoms with Crippen LogP contribution in [-0.4, -0.2) is 61.7 Å². The smallest absolute Gasteiger partial charge is 0.332 e. The molecule has 4 amide bonds. The highest BCUT2D eigenvalue weighted by Crippen LogP contribution is 2.32. The second kappa shape index (κ2) is 19.4. The predicted octanol–water partition coefficient (Wildman–Crippen LogP) is 3.76. The maximum atomic E-state index is 12.8. The molecule has 1 aliphatic heterocycles. The highest BCUT2D eigenvalue weighted by Gasteiger charge is 2.41. The van der Waals surface area contributed by atoms with Gasteiger partial charge < -0.3 is 25.8 Å². The van der Waals surface area contributed by atoms with Crippen molar-refractivity contribution in [1.82, 2.24) is 40.0 Å². The summed E-state index contributed by atoms with van der Waals surface area (Å²) in [6, 6.07) is 0.510. The van der Waals surface area contributed by atoms with Crippen molar-refractivity contribution in [2.75, 3.05) is 13.1 Å². The van der Waals surface area contributed by atoms with Gasteiger partial charge in [0.2, 0.25) is 11.8 Å². The third kappa shape index (κ3) is 10.9. The summed E-state index contributed by atoms with van der Waals surface area (Å²) in [6.07, 6.45) is 20.1. The van der Waals surface area contributed by atoms with Crippen molar-refractivity contribution in [2.24, 2.45) is 20.0 Å². The third-order valence-corrected chi connectivity index (χ3v) is 10.1. The molecule has 4 rings (SSSR count). The van der Waals surface area contributed by atoms with Crippen LogP contribution in [0.4, 0.5) is 4.79 Å². The number of carbonyl (C=O) groups excluding carboxylic acids is 3. The van der Waals surface area contributed by atoms with E-state index in [1.54, 1.807) is 25.0 Å². The first-order valence-electron chi connectivity index (χ1n) is 18.5. The first-order valence-corrected chi connectivity index (χ1v) is 18.5. The lowest BCUT2D eigenvalue weighted by Crippen LogP contribution is -2.39. The van der Waals surface area contributed by atoms with Gasteiger partial charge in [-0.15, -0.1) is 0 Å². The number of hydrogen-bond donors (Lipinski definition) is 4. The summed E-state index contributed by atoms with van der Waals surface area (Å²) in [5, 5.41) is 12.1. The molecule has 2 fully saturated rings. The number of rotatable bonds is 23. The molecule has 2 aliphatic rings. The van der Waals surface area contributed by atoms with Crippen LogP contribution in [0.5, 0.6) is 0 Å². The fourth-order valence-electron chi connectivity index (χ4n) is 7.28. The Balaban J connectivity index is 0.886. The van der Waals surface area contributed by atoms with Crippen molar-refractivity contribution in [1.29, 1.82) is 0 Å². The van der Waals surface area contributed by atoms with E-state index in [9.17, 15) is 24.0 Å². The van der Waals surface area contributed by atoms with Crippen LogP contribution in [0.25, 0.3) is 11.2 Å². The average molecular weight is 671 g/mol. The molecule has 2 aromatic rings. The van der Waals surface area contributed by atoms with Gasteiger partial charge in [0, 0.05) is 46.6 Å². The van der Waals surface area contributed by atoms with Gasteiger partial charge in [0.05, 0.1) is 18.4 Å². The van der Waals surface area contributed by atoms with E-state index in [1.807, 2.05) is 0 Å². The summed E-state index contributed by atoms with van der Waals surface area (Å²) in [5.41, 5.74) is 0.312. The summed E-state index contributed by atoms with van der Waals surface area (Å²) in [6.45, 7) is 1.82. The summed E-state index contributed by atoms with van der Waals surface area (Å²) in [5.74, 6) is 0.739. The van der Waals surface area contributed by atoms with Gasteiger partial charge in [-0.05, 0) is 57.3 Å². The van der Waals surface area contributed by atoms with Crippen molar-refractivity contribution in [3.63, 3.8) is 0 Å². The van der Waals surface area contributed by atoms with Gasteiger partial charge in [0.1, 0.15) is 0 Å². The lowest BCUT2D eigenvalue weighted by molar-refractivity contribution is -0.122. The average Bonchev–Trinajstić information content (AvgIpc) is 3.75. The number of amides is 4.